The summed E-state index contributed by atoms with van der Waals surface area (Å²) < 4.78 is 0. The van der Waals surface area contributed by atoms with Gasteiger partial charge in [0.2, 0.25) is 5.82 Å². The molecule has 0 unspecified atom stereocenters. The molecule has 2 aromatic rings. The fourth-order valence-electron chi connectivity index (χ4n) is 1.25. The minimum absolute atomic E-state index is 0.0425. The fourth-order valence-corrected chi connectivity index (χ4v) is 1.25. The summed E-state index contributed by atoms with van der Waals surface area (Å²) in [5, 5.41) is 8.48. The van der Waals surface area contributed by atoms with Crippen molar-refractivity contribution in [3.63, 3.8) is 0 Å². The van der Waals surface area contributed by atoms with Gasteiger partial charge in [0, 0.05) is 6.20 Å². The second kappa shape index (κ2) is 4.56. The van der Waals surface area contributed by atoms with E-state index in [2.05, 4.69) is 30.5 Å². The lowest BCUT2D eigenvalue weighted by Crippen LogP contribution is -2.26. The predicted octanol–water partition coefficient (Wildman–Crippen LogP) is -0.831. The molecule has 0 aliphatic carbocycles. The maximum atomic E-state index is 11.3. The monoisotopic (exact) mass is 234 g/mol. The Hall–Kier alpha value is -2.51. The SMILES string of the molecule is Cc1nccc(CNc2n[nH]c(=O)[nH]c2=O)n1. The van der Waals surface area contributed by atoms with Gasteiger partial charge in [0.1, 0.15) is 5.82 Å². The Morgan fingerprint density at radius 1 is 1.41 bits per heavy atom. The fraction of sp³-hybridized carbons (Fsp3) is 0.222. The smallest absolute Gasteiger partial charge is 0.342 e. The van der Waals surface area contributed by atoms with Crippen LogP contribution in [0.15, 0.2) is 21.9 Å². The van der Waals surface area contributed by atoms with Gasteiger partial charge in [0.05, 0.1) is 12.2 Å². The number of nitrogens with zero attached hydrogens (tertiary/aromatic N) is 3. The molecule has 0 aliphatic rings. The number of aromatic nitrogens is 5. The maximum absolute atomic E-state index is 11.3. The summed E-state index contributed by atoms with van der Waals surface area (Å²) in [6.07, 6.45) is 1.63. The average Bonchev–Trinajstić information content (AvgIpc) is 2.28. The predicted molar refractivity (Wildman–Crippen MR) is 59.6 cm³/mol. The molecule has 0 bridgehead atoms. The topological polar surface area (TPSA) is 116 Å². The van der Waals surface area contributed by atoms with Crippen LogP contribution in [0.3, 0.4) is 0 Å². The van der Waals surface area contributed by atoms with Gasteiger partial charge in [-0.1, -0.05) is 0 Å². The van der Waals surface area contributed by atoms with Crippen LogP contribution in [0.1, 0.15) is 11.5 Å². The summed E-state index contributed by atoms with van der Waals surface area (Å²) >= 11 is 0. The first-order chi connectivity index (χ1) is 8.15. The van der Waals surface area contributed by atoms with E-state index in [1.165, 1.54) is 0 Å². The molecule has 8 heteroatoms. The first kappa shape index (κ1) is 11.0. The molecular weight excluding hydrogens is 224 g/mol. The van der Waals surface area contributed by atoms with Crippen molar-refractivity contribution in [1.82, 2.24) is 25.1 Å². The highest BCUT2D eigenvalue weighted by molar-refractivity contribution is 5.29. The number of aromatic amines is 2. The summed E-state index contributed by atoms with van der Waals surface area (Å²) in [6.45, 7) is 2.10. The molecule has 2 aromatic heterocycles. The summed E-state index contributed by atoms with van der Waals surface area (Å²) in [4.78, 5) is 32.2. The van der Waals surface area contributed by atoms with E-state index in [-0.39, 0.29) is 5.82 Å². The van der Waals surface area contributed by atoms with Crippen molar-refractivity contribution in [2.45, 2.75) is 13.5 Å². The van der Waals surface area contributed by atoms with Crippen molar-refractivity contribution >= 4 is 5.82 Å². The molecule has 0 fully saturated rings. The molecule has 17 heavy (non-hydrogen) atoms. The van der Waals surface area contributed by atoms with Crippen molar-refractivity contribution < 1.29 is 0 Å². The number of hydrogen-bond acceptors (Lipinski definition) is 6. The molecule has 3 N–H and O–H groups in total. The third-order valence-electron chi connectivity index (χ3n) is 1.98. The van der Waals surface area contributed by atoms with Crippen LogP contribution in [-0.4, -0.2) is 25.1 Å². The number of rotatable bonds is 3. The van der Waals surface area contributed by atoms with Crippen LogP contribution in [0.5, 0.6) is 0 Å². The summed E-state index contributed by atoms with van der Waals surface area (Å²) in [5.41, 5.74) is -0.483. The van der Waals surface area contributed by atoms with Gasteiger partial charge in [-0.05, 0) is 13.0 Å². The zero-order valence-corrected chi connectivity index (χ0v) is 9.02. The minimum atomic E-state index is -0.640. The molecule has 8 nitrogen and oxygen atoms in total. The molecule has 0 aromatic carbocycles. The Balaban J connectivity index is 2.12. The lowest BCUT2D eigenvalue weighted by Gasteiger charge is -2.03. The largest absolute Gasteiger partial charge is 0.358 e. The second-order valence-corrected chi connectivity index (χ2v) is 3.30. The number of nitrogens with one attached hydrogen (secondary N) is 3. The Kier molecular flexibility index (Phi) is 2.95. The quantitative estimate of drug-likeness (QED) is 0.638. The van der Waals surface area contributed by atoms with Crippen LogP contribution < -0.4 is 16.6 Å². The van der Waals surface area contributed by atoms with Gasteiger partial charge in [-0.15, -0.1) is 5.10 Å². The van der Waals surface area contributed by atoms with E-state index in [0.717, 1.165) is 5.69 Å². The Morgan fingerprint density at radius 3 is 2.94 bits per heavy atom. The Bertz CT molecular complexity index is 632. The van der Waals surface area contributed by atoms with Crippen LogP contribution >= 0.6 is 0 Å². The zero-order chi connectivity index (χ0) is 12.3. The molecule has 0 spiro atoms. The molecule has 0 radical (unpaired) electrons. The van der Waals surface area contributed by atoms with Crippen molar-refractivity contribution in [3.05, 3.63) is 44.6 Å². The lowest BCUT2D eigenvalue weighted by molar-refractivity contribution is 0.873. The van der Waals surface area contributed by atoms with Crippen LogP contribution in [0.25, 0.3) is 0 Å². The first-order valence-electron chi connectivity index (χ1n) is 4.86. The van der Waals surface area contributed by atoms with Crippen LogP contribution in [0.2, 0.25) is 0 Å². The number of H-pyrrole nitrogens is 2. The van der Waals surface area contributed by atoms with Crippen LogP contribution in [-0.2, 0) is 6.54 Å². The molecule has 0 saturated heterocycles. The van der Waals surface area contributed by atoms with Gasteiger partial charge in [-0.2, -0.15) is 0 Å². The number of anilines is 1. The normalized spacial score (nSPS) is 10.2. The van der Waals surface area contributed by atoms with Gasteiger partial charge < -0.3 is 5.32 Å². The lowest BCUT2D eigenvalue weighted by atomic mass is 10.4. The van der Waals surface area contributed by atoms with Gasteiger partial charge in [0.25, 0.3) is 5.56 Å². The molecule has 2 heterocycles. The molecule has 0 amide bonds. The highest BCUT2D eigenvalue weighted by atomic mass is 16.2. The molecule has 0 saturated carbocycles. The van der Waals surface area contributed by atoms with Crippen molar-refractivity contribution in [2.24, 2.45) is 0 Å². The van der Waals surface area contributed by atoms with Crippen LogP contribution in [0.4, 0.5) is 5.82 Å². The van der Waals surface area contributed by atoms with Crippen molar-refractivity contribution in [1.29, 1.82) is 0 Å². The maximum Gasteiger partial charge on any atom is 0.342 e. The first-order valence-corrected chi connectivity index (χ1v) is 4.86. The molecule has 0 atom stereocenters. The van der Waals surface area contributed by atoms with E-state index < -0.39 is 11.2 Å². The van der Waals surface area contributed by atoms with Gasteiger partial charge >= 0.3 is 5.69 Å². The zero-order valence-electron chi connectivity index (χ0n) is 9.02. The molecule has 0 aliphatic heterocycles. The standard InChI is InChI=1S/C9H10N6O2/c1-5-10-3-2-6(12-5)4-11-7-8(16)13-9(17)15-14-7/h2-3H,4H2,1H3,(H,11,14)(H2,13,15,16,17). The summed E-state index contributed by atoms with van der Waals surface area (Å²) in [5.74, 6) is 0.688. The third kappa shape index (κ3) is 2.74. The van der Waals surface area contributed by atoms with Gasteiger partial charge in [-0.25, -0.2) is 19.9 Å². The van der Waals surface area contributed by atoms with Crippen LogP contribution in [0, 0.1) is 6.92 Å². The minimum Gasteiger partial charge on any atom is -0.358 e. The van der Waals surface area contributed by atoms with Crippen molar-refractivity contribution in [2.75, 3.05) is 5.32 Å². The molecule has 88 valence electrons. The molecule has 2 rings (SSSR count). The van der Waals surface area contributed by atoms with E-state index in [1.54, 1.807) is 19.2 Å². The second-order valence-electron chi connectivity index (χ2n) is 3.30. The van der Waals surface area contributed by atoms with E-state index >= 15 is 0 Å². The number of aryl methyl sites for hydroxylation is 1. The number of hydrogen-bond donors (Lipinski definition) is 3. The van der Waals surface area contributed by atoms with Gasteiger partial charge in [-0.3, -0.25) is 9.78 Å². The Labute approximate surface area is 95.2 Å². The highest BCUT2D eigenvalue weighted by Crippen LogP contribution is 1.97. The van der Waals surface area contributed by atoms with Crippen molar-refractivity contribution in [3.8, 4) is 0 Å². The van der Waals surface area contributed by atoms with E-state index in [9.17, 15) is 9.59 Å². The highest BCUT2D eigenvalue weighted by Gasteiger charge is 2.02. The average molecular weight is 234 g/mol. The summed E-state index contributed by atoms with van der Waals surface area (Å²) in [6, 6.07) is 1.72. The van der Waals surface area contributed by atoms with E-state index in [1.807, 2.05) is 0 Å². The Morgan fingerprint density at radius 2 is 2.24 bits per heavy atom. The van der Waals surface area contributed by atoms with E-state index in [4.69, 9.17) is 0 Å². The van der Waals surface area contributed by atoms with Gasteiger partial charge in [0.15, 0.2) is 0 Å². The van der Waals surface area contributed by atoms with E-state index in [0.29, 0.717) is 12.4 Å². The molecular formula is C9H10N6O2. The third-order valence-corrected chi connectivity index (χ3v) is 1.98. The summed E-state index contributed by atoms with van der Waals surface area (Å²) in [7, 11) is 0.